The standard InChI is InChI=1S/C46H32N2/c1-4-14-33(15-5-1)34-24-27-38(28-25-34)47(37-19-8-3-9-20-37)44-31-29-39(32-42(44)35-16-6-2-7-17-35)48-43-23-13-12-22-41(43)46-40-21-11-10-18-36(40)26-30-45(46)48/h1-32H. The van der Waals surface area contributed by atoms with Crippen LogP contribution in [0.5, 0.6) is 0 Å². The van der Waals surface area contributed by atoms with Gasteiger partial charge in [0.1, 0.15) is 0 Å². The molecule has 0 fully saturated rings. The molecule has 0 N–H and O–H groups in total. The van der Waals surface area contributed by atoms with Crippen LogP contribution in [-0.4, -0.2) is 4.57 Å². The van der Waals surface area contributed by atoms with E-state index in [1.807, 2.05) is 0 Å². The molecule has 226 valence electrons. The Morgan fingerprint density at radius 3 is 1.71 bits per heavy atom. The molecule has 1 aromatic heterocycles. The van der Waals surface area contributed by atoms with Crippen LogP contribution < -0.4 is 4.90 Å². The first kappa shape index (κ1) is 27.9. The number of nitrogens with zero attached hydrogens (tertiary/aromatic N) is 2. The van der Waals surface area contributed by atoms with Crippen molar-refractivity contribution in [1.82, 2.24) is 4.57 Å². The summed E-state index contributed by atoms with van der Waals surface area (Å²) in [5.41, 5.74) is 11.6. The molecule has 0 spiro atoms. The summed E-state index contributed by atoms with van der Waals surface area (Å²) in [5, 5.41) is 5.08. The highest BCUT2D eigenvalue weighted by molar-refractivity contribution is 6.21. The van der Waals surface area contributed by atoms with Crippen molar-refractivity contribution in [3.63, 3.8) is 0 Å². The molecule has 8 aromatic carbocycles. The molecular weight excluding hydrogens is 581 g/mol. The molecular formula is C46H32N2. The van der Waals surface area contributed by atoms with Crippen molar-refractivity contribution in [3.05, 3.63) is 194 Å². The summed E-state index contributed by atoms with van der Waals surface area (Å²) in [6.07, 6.45) is 0. The minimum Gasteiger partial charge on any atom is -0.310 e. The zero-order valence-electron chi connectivity index (χ0n) is 26.4. The van der Waals surface area contributed by atoms with E-state index in [1.54, 1.807) is 0 Å². The van der Waals surface area contributed by atoms with Gasteiger partial charge in [-0.05, 0) is 82.1 Å². The van der Waals surface area contributed by atoms with Gasteiger partial charge in [0.15, 0.2) is 0 Å². The number of hydrogen-bond donors (Lipinski definition) is 0. The number of para-hydroxylation sites is 2. The lowest BCUT2D eigenvalue weighted by atomic mass is 10.00. The van der Waals surface area contributed by atoms with Crippen LogP contribution in [0.25, 0.3) is 60.5 Å². The smallest absolute Gasteiger partial charge is 0.0547 e. The second-order valence-corrected chi connectivity index (χ2v) is 12.2. The van der Waals surface area contributed by atoms with E-state index in [0.717, 1.165) is 28.3 Å². The molecule has 2 nitrogen and oxygen atoms in total. The van der Waals surface area contributed by atoms with Crippen molar-refractivity contribution in [3.8, 4) is 27.9 Å². The lowest BCUT2D eigenvalue weighted by Gasteiger charge is -2.28. The molecule has 0 atom stereocenters. The summed E-state index contributed by atoms with van der Waals surface area (Å²) in [4.78, 5) is 2.38. The molecule has 0 aliphatic rings. The van der Waals surface area contributed by atoms with Crippen LogP contribution in [0.1, 0.15) is 0 Å². The van der Waals surface area contributed by atoms with E-state index >= 15 is 0 Å². The normalized spacial score (nSPS) is 11.3. The summed E-state index contributed by atoms with van der Waals surface area (Å²) in [6, 6.07) is 69.8. The first-order valence-electron chi connectivity index (χ1n) is 16.4. The van der Waals surface area contributed by atoms with E-state index in [1.165, 1.54) is 49.3 Å². The predicted molar refractivity (Wildman–Crippen MR) is 204 cm³/mol. The van der Waals surface area contributed by atoms with Gasteiger partial charge >= 0.3 is 0 Å². The van der Waals surface area contributed by atoms with Gasteiger partial charge in [-0.1, -0.05) is 140 Å². The predicted octanol–water partition coefficient (Wildman–Crippen LogP) is 12.7. The third-order valence-electron chi connectivity index (χ3n) is 9.37. The lowest BCUT2D eigenvalue weighted by molar-refractivity contribution is 1.17. The number of anilines is 3. The first-order valence-corrected chi connectivity index (χ1v) is 16.4. The van der Waals surface area contributed by atoms with Crippen LogP contribution >= 0.6 is 0 Å². The van der Waals surface area contributed by atoms with Gasteiger partial charge in [0.2, 0.25) is 0 Å². The molecule has 2 heteroatoms. The van der Waals surface area contributed by atoms with Crippen LogP contribution in [0, 0.1) is 0 Å². The van der Waals surface area contributed by atoms with Crippen LogP contribution in [0.3, 0.4) is 0 Å². The largest absolute Gasteiger partial charge is 0.310 e. The minimum atomic E-state index is 1.11. The molecule has 48 heavy (non-hydrogen) atoms. The summed E-state index contributed by atoms with van der Waals surface area (Å²) in [7, 11) is 0. The van der Waals surface area contributed by atoms with Crippen molar-refractivity contribution in [2.45, 2.75) is 0 Å². The van der Waals surface area contributed by atoms with Gasteiger partial charge < -0.3 is 9.47 Å². The molecule has 0 bridgehead atoms. The fourth-order valence-corrected chi connectivity index (χ4v) is 7.16. The molecule has 0 saturated heterocycles. The van der Waals surface area contributed by atoms with Crippen LogP contribution in [0.15, 0.2) is 194 Å². The number of hydrogen-bond acceptors (Lipinski definition) is 1. The minimum absolute atomic E-state index is 1.11. The Morgan fingerprint density at radius 1 is 0.375 bits per heavy atom. The SMILES string of the molecule is c1ccc(-c2ccc(N(c3ccccc3)c3ccc(-n4c5ccccc5c5c6ccccc6ccc54)cc3-c3ccccc3)cc2)cc1. The van der Waals surface area contributed by atoms with Crippen molar-refractivity contribution in [2.75, 3.05) is 4.90 Å². The van der Waals surface area contributed by atoms with Gasteiger partial charge in [-0.2, -0.15) is 0 Å². The maximum absolute atomic E-state index is 2.43. The highest BCUT2D eigenvalue weighted by atomic mass is 15.1. The summed E-state index contributed by atoms with van der Waals surface area (Å²) in [5.74, 6) is 0. The molecule has 9 aromatic rings. The molecule has 9 rings (SSSR count). The second-order valence-electron chi connectivity index (χ2n) is 12.2. The molecule has 0 amide bonds. The fourth-order valence-electron chi connectivity index (χ4n) is 7.16. The Kier molecular flexibility index (Phi) is 6.84. The molecule has 1 heterocycles. The van der Waals surface area contributed by atoms with Gasteiger partial charge in [-0.15, -0.1) is 0 Å². The fraction of sp³-hybridized carbons (Fsp3) is 0. The third kappa shape index (κ3) is 4.74. The van der Waals surface area contributed by atoms with E-state index in [0.29, 0.717) is 0 Å². The summed E-state index contributed by atoms with van der Waals surface area (Å²) >= 11 is 0. The highest BCUT2D eigenvalue weighted by Gasteiger charge is 2.20. The van der Waals surface area contributed by atoms with Crippen LogP contribution in [0.2, 0.25) is 0 Å². The average molecular weight is 613 g/mol. The summed E-state index contributed by atoms with van der Waals surface area (Å²) in [6.45, 7) is 0. The van der Waals surface area contributed by atoms with Gasteiger partial charge in [-0.3, -0.25) is 0 Å². The Hall–Kier alpha value is -6.38. The zero-order valence-corrected chi connectivity index (χ0v) is 26.4. The maximum Gasteiger partial charge on any atom is 0.0547 e. The highest BCUT2D eigenvalue weighted by Crippen LogP contribution is 2.44. The van der Waals surface area contributed by atoms with E-state index in [9.17, 15) is 0 Å². The zero-order chi connectivity index (χ0) is 31.9. The first-order chi connectivity index (χ1) is 23.8. The molecule has 0 aliphatic carbocycles. The monoisotopic (exact) mass is 612 g/mol. The molecule has 0 saturated carbocycles. The quantitative estimate of drug-likeness (QED) is 0.181. The average Bonchev–Trinajstić information content (AvgIpc) is 3.51. The van der Waals surface area contributed by atoms with Gasteiger partial charge in [0, 0.05) is 33.4 Å². The van der Waals surface area contributed by atoms with Gasteiger partial charge in [0.25, 0.3) is 0 Å². The van der Waals surface area contributed by atoms with Crippen molar-refractivity contribution >= 4 is 49.6 Å². The molecule has 0 aliphatic heterocycles. The third-order valence-corrected chi connectivity index (χ3v) is 9.37. The van der Waals surface area contributed by atoms with Crippen molar-refractivity contribution in [1.29, 1.82) is 0 Å². The molecule has 0 radical (unpaired) electrons. The maximum atomic E-state index is 2.43. The van der Waals surface area contributed by atoms with E-state index in [2.05, 4.69) is 204 Å². The van der Waals surface area contributed by atoms with Crippen molar-refractivity contribution in [2.24, 2.45) is 0 Å². The van der Waals surface area contributed by atoms with Crippen LogP contribution in [-0.2, 0) is 0 Å². The van der Waals surface area contributed by atoms with E-state index in [-0.39, 0.29) is 0 Å². The Bertz CT molecular complexity index is 2530. The van der Waals surface area contributed by atoms with E-state index < -0.39 is 0 Å². The van der Waals surface area contributed by atoms with E-state index in [4.69, 9.17) is 0 Å². The number of aromatic nitrogens is 1. The Balaban J connectivity index is 1.28. The number of fused-ring (bicyclic) bond motifs is 5. The number of benzene rings is 8. The Labute approximate surface area is 280 Å². The van der Waals surface area contributed by atoms with Gasteiger partial charge in [0.05, 0.1) is 16.7 Å². The molecule has 0 unspecified atom stereocenters. The van der Waals surface area contributed by atoms with Gasteiger partial charge in [-0.25, -0.2) is 0 Å². The summed E-state index contributed by atoms with van der Waals surface area (Å²) < 4.78 is 2.43. The topological polar surface area (TPSA) is 8.17 Å². The Morgan fingerprint density at radius 2 is 0.958 bits per heavy atom. The van der Waals surface area contributed by atoms with Crippen molar-refractivity contribution < 1.29 is 0 Å². The lowest BCUT2D eigenvalue weighted by Crippen LogP contribution is -2.11. The number of rotatable bonds is 6. The van der Waals surface area contributed by atoms with Crippen LogP contribution in [0.4, 0.5) is 17.1 Å². The second kappa shape index (κ2) is 11.8.